The van der Waals surface area contributed by atoms with Crippen LogP contribution in [0.1, 0.15) is 119 Å². The molecule has 0 atom stereocenters. The Labute approximate surface area is 406 Å². The van der Waals surface area contributed by atoms with Gasteiger partial charge in [0, 0.05) is 68.1 Å². The molecule has 8 aromatic rings. The first-order chi connectivity index (χ1) is 32.0. The number of aromatic nitrogens is 2. The quantitative estimate of drug-likeness (QED) is 0.152. The van der Waals surface area contributed by atoms with Crippen molar-refractivity contribution in [2.75, 3.05) is 16.5 Å². The second-order valence-electron chi connectivity index (χ2n) is 23.6. The summed E-state index contributed by atoms with van der Waals surface area (Å²) >= 11 is 0. The zero-order valence-electron chi connectivity index (χ0n) is 42.9. The molecule has 0 bridgehead atoms. The summed E-state index contributed by atoms with van der Waals surface area (Å²) in [5.41, 5.74) is 13.8. The van der Waals surface area contributed by atoms with E-state index in [0.29, 0.717) is 6.67 Å². The van der Waals surface area contributed by atoms with E-state index in [-0.39, 0.29) is 27.1 Å². The Kier molecular flexibility index (Phi) is 11.5. The van der Waals surface area contributed by atoms with Gasteiger partial charge in [0.1, 0.15) is 17.3 Å². The molecule has 5 heteroatoms. The maximum atomic E-state index is 7.10. The molecule has 0 N–H and O–H groups in total. The minimum atomic E-state index is -0.213. The normalized spacial score (nSPS) is 14.1. The number of rotatable bonds is 8. The molecule has 0 aliphatic carbocycles. The highest BCUT2D eigenvalue weighted by atomic mass is 16.5. The van der Waals surface area contributed by atoms with Crippen LogP contribution in [-0.4, -0.2) is 16.2 Å². The van der Waals surface area contributed by atoms with Crippen LogP contribution in [0.25, 0.3) is 38.8 Å². The molecule has 0 fully saturated rings. The van der Waals surface area contributed by atoms with E-state index < -0.39 is 0 Å². The van der Waals surface area contributed by atoms with Gasteiger partial charge in [0.25, 0.3) is 0 Å². The van der Waals surface area contributed by atoms with Crippen molar-refractivity contribution >= 4 is 33.2 Å². The van der Waals surface area contributed by atoms with Crippen molar-refractivity contribution in [1.82, 2.24) is 9.55 Å². The van der Waals surface area contributed by atoms with Crippen molar-refractivity contribution < 1.29 is 4.74 Å². The largest absolute Gasteiger partial charge is 0.457 e. The predicted octanol–water partition coefficient (Wildman–Crippen LogP) is 17.1. The number of benzene rings is 6. The van der Waals surface area contributed by atoms with Crippen molar-refractivity contribution in [3.8, 4) is 28.4 Å². The maximum absolute atomic E-state index is 7.10. The van der Waals surface area contributed by atoms with Crippen LogP contribution in [0.2, 0.25) is 0 Å². The molecule has 0 spiro atoms. The van der Waals surface area contributed by atoms with E-state index in [0.717, 1.165) is 50.6 Å². The number of pyridine rings is 1. The molecular weight excluding hydrogens is 829 g/mol. The van der Waals surface area contributed by atoms with E-state index in [1.807, 2.05) is 6.20 Å². The van der Waals surface area contributed by atoms with E-state index in [1.165, 1.54) is 44.7 Å². The Morgan fingerprint density at radius 3 is 1.62 bits per heavy atom. The molecule has 6 aromatic carbocycles. The molecule has 0 unspecified atom stereocenters. The number of para-hydroxylation sites is 1. The highest BCUT2D eigenvalue weighted by molar-refractivity contribution is 6.09. The van der Waals surface area contributed by atoms with Gasteiger partial charge in [-0.2, -0.15) is 0 Å². The van der Waals surface area contributed by atoms with Crippen molar-refractivity contribution in [3.05, 3.63) is 192 Å². The fraction of sp³-hybridized carbons (Fsp3) is 0.317. The lowest BCUT2D eigenvalue weighted by atomic mass is 9.75. The molecule has 0 amide bonds. The van der Waals surface area contributed by atoms with Crippen LogP contribution in [0, 0.1) is 10.8 Å². The third-order valence-electron chi connectivity index (χ3n) is 13.8. The summed E-state index contributed by atoms with van der Waals surface area (Å²) < 4.78 is 9.38. The van der Waals surface area contributed by atoms with Gasteiger partial charge in [0.2, 0.25) is 0 Å². The standard InChI is InChI=1S/C63H70N4O/c1-59(2,3)45-31-32-64-56(38-45)67-54-28-22-21-27-52(54)53-30-29-50(40-55(53)67)68-51-34-43(42-23-17-15-18-24-42)33-48(39-51)65-41-66(58(62(10,11)12)57(65)61(7,8)9)49-36-46(60(4,5)6)35-47(37-49)63(13,14)44-25-19-16-20-26-44/h15-40H,41H2,1-14H3. The molecule has 5 nitrogen and oxygen atoms in total. The highest BCUT2D eigenvalue weighted by Crippen LogP contribution is 2.50. The fourth-order valence-electron chi connectivity index (χ4n) is 10.1. The van der Waals surface area contributed by atoms with Gasteiger partial charge in [-0.25, -0.2) is 4.98 Å². The molecule has 1 aliphatic rings. The summed E-state index contributed by atoms with van der Waals surface area (Å²) in [5.74, 6) is 2.44. The maximum Gasteiger partial charge on any atom is 0.137 e. The molecule has 1 aliphatic heterocycles. The first kappa shape index (κ1) is 46.5. The summed E-state index contributed by atoms with van der Waals surface area (Å²) in [6.45, 7) is 33.3. The van der Waals surface area contributed by atoms with Crippen molar-refractivity contribution in [2.24, 2.45) is 10.8 Å². The molecule has 348 valence electrons. The highest BCUT2D eigenvalue weighted by Gasteiger charge is 2.42. The van der Waals surface area contributed by atoms with E-state index >= 15 is 0 Å². The van der Waals surface area contributed by atoms with Gasteiger partial charge in [-0.3, -0.25) is 4.57 Å². The van der Waals surface area contributed by atoms with Crippen LogP contribution >= 0.6 is 0 Å². The second kappa shape index (κ2) is 16.9. The predicted molar refractivity (Wildman–Crippen MR) is 289 cm³/mol. The number of nitrogens with zero attached hydrogens (tertiary/aromatic N) is 4. The van der Waals surface area contributed by atoms with E-state index in [2.05, 4.69) is 263 Å². The minimum Gasteiger partial charge on any atom is -0.457 e. The third kappa shape index (κ3) is 8.84. The van der Waals surface area contributed by atoms with Gasteiger partial charge in [-0.15, -0.1) is 0 Å². The number of hydrogen-bond donors (Lipinski definition) is 0. The fourth-order valence-corrected chi connectivity index (χ4v) is 10.1. The van der Waals surface area contributed by atoms with Crippen molar-refractivity contribution in [1.29, 1.82) is 0 Å². The number of hydrogen-bond acceptors (Lipinski definition) is 4. The molecule has 2 aromatic heterocycles. The van der Waals surface area contributed by atoms with Gasteiger partial charge in [0.15, 0.2) is 0 Å². The van der Waals surface area contributed by atoms with E-state index in [1.54, 1.807) is 0 Å². The molecule has 9 rings (SSSR count). The number of anilines is 2. The monoisotopic (exact) mass is 899 g/mol. The zero-order chi connectivity index (χ0) is 48.6. The zero-order valence-corrected chi connectivity index (χ0v) is 42.9. The van der Waals surface area contributed by atoms with Gasteiger partial charge < -0.3 is 14.5 Å². The SMILES string of the molecule is CC(C)(C)C1=C(C(C)(C)C)N(c2cc(C(C)(C)C)cc(C(C)(C)c3ccccc3)c2)CN1c1cc(Oc2ccc3c4ccccc4n(-c4cc(C(C)(C)C)ccn4)c3c2)cc(-c2ccccc2)c1. The Hall–Kier alpha value is -6.59. The van der Waals surface area contributed by atoms with Crippen molar-refractivity contribution in [3.63, 3.8) is 0 Å². The first-order valence-electron chi connectivity index (χ1n) is 24.4. The Bertz CT molecular complexity index is 3180. The molecular formula is C63H70N4O. The molecule has 68 heavy (non-hydrogen) atoms. The van der Waals surface area contributed by atoms with E-state index in [9.17, 15) is 0 Å². The van der Waals surface area contributed by atoms with Gasteiger partial charge in [-0.05, 0) is 98.8 Å². The van der Waals surface area contributed by atoms with Crippen LogP contribution < -0.4 is 14.5 Å². The third-order valence-corrected chi connectivity index (χ3v) is 13.8. The Morgan fingerprint density at radius 2 is 0.985 bits per heavy atom. The Balaban J connectivity index is 1.20. The lowest BCUT2D eigenvalue weighted by molar-refractivity contribution is 0.444. The lowest BCUT2D eigenvalue weighted by Crippen LogP contribution is -2.32. The van der Waals surface area contributed by atoms with Gasteiger partial charge in [-0.1, -0.05) is 182 Å². The number of allylic oxidation sites excluding steroid dienone is 2. The van der Waals surface area contributed by atoms with Gasteiger partial charge in [0.05, 0.1) is 17.7 Å². The molecule has 3 heterocycles. The average molecular weight is 899 g/mol. The number of ether oxygens (including phenoxy) is 1. The lowest BCUT2D eigenvalue weighted by Gasteiger charge is -2.35. The topological polar surface area (TPSA) is 33.5 Å². The minimum absolute atomic E-state index is 0.0209. The summed E-state index contributed by atoms with van der Waals surface area (Å²) in [5, 5.41) is 2.34. The summed E-state index contributed by atoms with van der Waals surface area (Å²) in [6, 6.07) is 55.2. The number of fused-ring (bicyclic) bond motifs is 3. The summed E-state index contributed by atoms with van der Waals surface area (Å²) in [4.78, 5) is 10.1. The van der Waals surface area contributed by atoms with Crippen LogP contribution in [0.4, 0.5) is 11.4 Å². The molecule has 0 saturated heterocycles. The van der Waals surface area contributed by atoms with Crippen molar-refractivity contribution in [2.45, 2.75) is 113 Å². The summed E-state index contributed by atoms with van der Waals surface area (Å²) in [7, 11) is 0. The first-order valence-corrected chi connectivity index (χ1v) is 24.4. The average Bonchev–Trinajstić information content (AvgIpc) is 3.87. The van der Waals surface area contributed by atoms with Crippen LogP contribution in [0.5, 0.6) is 11.5 Å². The Morgan fingerprint density at radius 1 is 0.412 bits per heavy atom. The van der Waals surface area contributed by atoms with Gasteiger partial charge >= 0.3 is 0 Å². The van der Waals surface area contributed by atoms with Crippen LogP contribution in [0.3, 0.4) is 0 Å². The summed E-state index contributed by atoms with van der Waals surface area (Å²) in [6.07, 6.45) is 1.93. The molecule has 0 saturated carbocycles. The second-order valence-corrected chi connectivity index (χ2v) is 23.6. The van der Waals surface area contributed by atoms with Crippen LogP contribution in [-0.2, 0) is 16.2 Å². The van der Waals surface area contributed by atoms with E-state index in [4.69, 9.17) is 9.72 Å². The van der Waals surface area contributed by atoms with Crippen LogP contribution in [0.15, 0.2) is 169 Å². The smallest absolute Gasteiger partial charge is 0.137 e. The molecule has 0 radical (unpaired) electrons.